The van der Waals surface area contributed by atoms with E-state index in [1.54, 1.807) is 6.92 Å². The number of hydrogen-bond acceptors (Lipinski definition) is 1. The first-order valence-corrected chi connectivity index (χ1v) is 4.41. The molecule has 0 saturated heterocycles. The third kappa shape index (κ3) is 5.96. The molecule has 0 spiro atoms. The van der Waals surface area contributed by atoms with E-state index in [-0.39, 0.29) is 5.92 Å². The Kier molecular flexibility index (Phi) is 5.43. The predicted molar refractivity (Wildman–Crippen MR) is 50.0 cm³/mol. The number of allylic oxidation sites excluding steroid dienone is 2. The van der Waals surface area contributed by atoms with E-state index in [9.17, 15) is 4.79 Å². The molecule has 0 aliphatic rings. The van der Waals surface area contributed by atoms with Crippen molar-refractivity contribution in [2.45, 2.75) is 33.6 Å². The Hall–Kier alpha value is -0.790. The first kappa shape index (κ1) is 11.2. The lowest BCUT2D eigenvalue weighted by atomic mass is 10.1. The van der Waals surface area contributed by atoms with Gasteiger partial charge in [0.15, 0.2) is 0 Å². The maximum absolute atomic E-state index is 10.4. The van der Waals surface area contributed by atoms with E-state index >= 15 is 0 Å². The van der Waals surface area contributed by atoms with Gasteiger partial charge in [-0.05, 0) is 18.8 Å². The molecule has 0 saturated carbocycles. The van der Waals surface area contributed by atoms with Crippen molar-refractivity contribution in [3.63, 3.8) is 0 Å². The van der Waals surface area contributed by atoms with Gasteiger partial charge in [-0.15, -0.1) is 0 Å². The summed E-state index contributed by atoms with van der Waals surface area (Å²) in [5.41, 5.74) is 0. The number of carbonyl (C=O) groups is 1. The lowest BCUT2D eigenvalue weighted by Gasteiger charge is -2.01. The van der Waals surface area contributed by atoms with Gasteiger partial charge in [-0.25, -0.2) is 0 Å². The van der Waals surface area contributed by atoms with Crippen LogP contribution < -0.4 is 0 Å². The van der Waals surface area contributed by atoms with Gasteiger partial charge < -0.3 is 5.11 Å². The molecular weight excluding hydrogens is 152 g/mol. The standard InChI is InChI=1S/C10H18O2/c1-8(2)6-4-5-7-9(3)10(11)12/h4-5,8-9H,6-7H2,1-3H3,(H,11,12). The van der Waals surface area contributed by atoms with Crippen molar-refractivity contribution in [1.29, 1.82) is 0 Å². The molecule has 1 unspecified atom stereocenters. The summed E-state index contributed by atoms with van der Waals surface area (Å²) >= 11 is 0. The Morgan fingerprint density at radius 1 is 1.25 bits per heavy atom. The van der Waals surface area contributed by atoms with Crippen LogP contribution in [0.5, 0.6) is 0 Å². The van der Waals surface area contributed by atoms with Gasteiger partial charge in [-0.3, -0.25) is 4.79 Å². The van der Waals surface area contributed by atoms with E-state index in [2.05, 4.69) is 19.9 Å². The van der Waals surface area contributed by atoms with Gasteiger partial charge >= 0.3 is 5.97 Å². The zero-order valence-corrected chi connectivity index (χ0v) is 8.08. The minimum atomic E-state index is -0.718. The molecule has 0 bridgehead atoms. The van der Waals surface area contributed by atoms with Gasteiger partial charge in [-0.1, -0.05) is 32.9 Å². The fourth-order valence-electron chi connectivity index (χ4n) is 0.770. The number of rotatable bonds is 5. The van der Waals surface area contributed by atoms with Crippen molar-refractivity contribution >= 4 is 5.97 Å². The van der Waals surface area contributed by atoms with Crippen molar-refractivity contribution in [3.8, 4) is 0 Å². The summed E-state index contributed by atoms with van der Waals surface area (Å²) in [7, 11) is 0. The Morgan fingerprint density at radius 3 is 2.17 bits per heavy atom. The summed E-state index contributed by atoms with van der Waals surface area (Å²) in [5.74, 6) is -0.320. The molecule has 0 radical (unpaired) electrons. The maximum Gasteiger partial charge on any atom is 0.306 e. The van der Waals surface area contributed by atoms with Crippen molar-refractivity contribution in [1.82, 2.24) is 0 Å². The summed E-state index contributed by atoms with van der Waals surface area (Å²) in [6.07, 6.45) is 5.69. The van der Waals surface area contributed by atoms with E-state index in [1.807, 2.05) is 6.08 Å². The number of hydrogen-bond donors (Lipinski definition) is 1. The van der Waals surface area contributed by atoms with Crippen LogP contribution >= 0.6 is 0 Å². The van der Waals surface area contributed by atoms with Gasteiger partial charge in [0.25, 0.3) is 0 Å². The molecule has 0 amide bonds. The van der Waals surface area contributed by atoms with Crippen molar-refractivity contribution < 1.29 is 9.90 Å². The molecule has 2 nitrogen and oxygen atoms in total. The normalized spacial score (nSPS) is 14.0. The van der Waals surface area contributed by atoms with Crippen molar-refractivity contribution in [2.24, 2.45) is 11.8 Å². The van der Waals surface area contributed by atoms with Crippen LogP contribution in [0.1, 0.15) is 33.6 Å². The van der Waals surface area contributed by atoms with Crippen LogP contribution in [-0.2, 0) is 4.79 Å². The van der Waals surface area contributed by atoms with E-state index in [1.165, 1.54) is 0 Å². The summed E-state index contributed by atoms with van der Waals surface area (Å²) in [6.45, 7) is 6.01. The fraction of sp³-hybridized carbons (Fsp3) is 0.700. The molecule has 0 aromatic carbocycles. The van der Waals surface area contributed by atoms with Crippen LogP contribution in [0.4, 0.5) is 0 Å². The van der Waals surface area contributed by atoms with Crippen LogP contribution in [0.15, 0.2) is 12.2 Å². The van der Waals surface area contributed by atoms with E-state index in [4.69, 9.17) is 5.11 Å². The van der Waals surface area contributed by atoms with Crippen LogP contribution in [0, 0.1) is 11.8 Å². The first-order valence-electron chi connectivity index (χ1n) is 4.41. The second-order valence-electron chi connectivity index (χ2n) is 3.58. The molecule has 0 heterocycles. The van der Waals surface area contributed by atoms with Crippen LogP contribution in [0.3, 0.4) is 0 Å². The Morgan fingerprint density at radius 2 is 1.75 bits per heavy atom. The molecular formula is C10H18O2. The summed E-state index contributed by atoms with van der Waals surface area (Å²) in [5, 5.41) is 8.56. The largest absolute Gasteiger partial charge is 0.481 e. The SMILES string of the molecule is CC(C)CC=CCC(C)C(=O)O. The van der Waals surface area contributed by atoms with Crippen molar-refractivity contribution in [3.05, 3.63) is 12.2 Å². The second kappa shape index (κ2) is 5.81. The van der Waals surface area contributed by atoms with Gasteiger partial charge in [-0.2, -0.15) is 0 Å². The monoisotopic (exact) mass is 170 g/mol. The number of carboxylic acids is 1. The maximum atomic E-state index is 10.4. The quantitative estimate of drug-likeness (QED) is 0.644. The summed E-state index contributed by atoms with van der Waals surface area (Å²) < 4.78 is 0. The van der Waals surface area contributed by atoms with Crippen LogP contribution in [-0.4, -0.2) is 11.1 Å². The Balaban J connectivity index is 3.53. The molecule has 0 aromatic rings. The minimum Gasteiger partial charge on any atom is -0.481 e. The van der Waals surface area contributed by atoms with Gasteiger partial charge in [0.1, 0.15) is 0 Å². The average Bonchev–Trinajstić information content (AvgIpc) is 1.97. The highest BCUT2D eigenvalue weighted by atomic mass is 16.4. The van der Waals surface area contributed by atoms with E-state index in [0.29, 0.717) is 12.3 Å². The molecule has 0 aromatic heterocycles. The topological polar surface area (TPSA) is 37.3 Å². The zero-order chi connectivity index (χ0) is 9.56. The highest BCUT2D eigenvalue weighted by Gasteiger charge is 2.07. The van der Waals surface area contributed by atoms with Gasteiger partial charge in [0.05, 0.1) is 5.92 Å². The molecule has 0 rings (SSSR count). The fourth-order valence-corrected chi connectivity index (χ4v) is 0.770. The number of aliphatic carboxylic acids is 1. The van der Waals surface area contributed by atoms with Gasteiger partial charge in [0, 0.05) is 0 Å². The molecule has 12 heavy (non-hydrogen) atoms. The molecule has 0 aliphatic carbocycles. The average molecular weight is 170 g/mol. The first-order chi connectivity index (χ1) is 5.54. The molecule has 1 N–H and O–H groups in total. The lowest BCUT2D eigenvalue weighted by Crippen LogP contribution is -2.07. The van der Waals surface area contributed by atoms with Crippen molar-refractivity contribution in [2.75, 3.05) is 0 Å². The molecule has 70 valence electrons. The minimum absolute atomic E-state index is 0.256. The highest BCUT2D eigenvalue weighted by molar-refractivity contribution is 5.69. The Labute approximate surface area is 74.3 Å². The Bertz CT molecular complexity index is 159. The third-order valence-electron chi connectivity index (χ3n) is 1.69. The predicted octanol–water partition coefficient (Wildman–Crippen LogP) is 2.70. The lowest BCUT2D eigenvalue weighted by molar-refractivity contribution is -0.140. The summed E-state index contributed by atoms with van der Waals surface area (Å²) in [4.78, 5) is 10.4. The van der Waals surface area contributed by atoms with E-state index < -0.39 is 5.97 Å². The van der Waals surface area contributed by atoms with Crippen LogP contribution in [0.2, 0.25) is 0 Å². The van der Waals surface area contributed by atoms with Crippen LogP contribution in [0.25, 0.3) is 0 Å². The van der Waals surface area contributed by atoms with E-state index in [0.717, 1.165) is 6.42 Å². The smallest absolute Gasteiger partial charge is 0.306 e. The molecule has 2 heteroatoms. The molecule has 0 fully saturated rings. The highest BCUT2D eigenvalue weighted by Crippen LogP contribution is 2.05. The second-order valence-corrected chi connectivity index (χ2v) is 3.58. The van der Waals surface area contributed by atoms with Gasteiger partial charge in [0.2, 0.25) is 0 Å². The molecule has 1 atom stereocenters. The zero-order valence-electron chi connectivity index (χ0n) is 8.08. The third-order valence-corrected chi connectivity index (χ3v) is 1.69. The number of carboxylic acid groups (broad SMARTS) is 1. The molecule has 0 aliphatic heterocycles. The summed E-state index contributed by atoms with van der Waals surface area (Å²) in [6, 6.07) is 0.